The first kappa shape index (κ1) is 20.8. The van der Waals surface area contributed by atoms with Crippen LogP contribution in [0.15, 0.2) is 48.2 Å². The molecule has 0 bridgehead atoms. The lowest BCUT2D eigenvalue weighted by molar-refractivity contribution is -0.137. The first-order valence-electron chi connectivity index (χ1n) is 10.0. The lowest BCUT2D eigenvalue weighted by Gasteiger charge is -2.15. The number of anilines is 1. The number of amides is 2. The van der Waals surface area contributed by atoms with E-state index in [1.54, 1.807) is 0 Å². The molecule has 0 fully saturated rings. The fraction of sp³-hybridized carbons (Fsp3) is 0.333. The van der Waals surface area contributed by atoms with Crippen molar-refractivity contribution in [1.29, 1.82) is 0 Å². The monoisotopic (exact) mass is 392 g/mol. The molecule has 2 amide bonds. The zero-order chi connectivity index (χ0) is 21.0. The maximum atomic E-state index is 13.2. The second-order valence-electron chi connectivity index (χ2n) is 7.37. The molecule has 1 heterocycles. The van der Waals surface area contributed by atoms with Crippen LogP contribution in [0.3, 0.4) is 0 Å². The number of aryl methyl sites for hydroxylation is 3. The molecule has 1 N–H and O–H groups in total. The molecular weight excluding hydrogens is 364 g/mol. The van der Waals surface area contributed by atoms with Gasteiger partial charge in [0.2, 0.25) is 0 Å². The van der Waals surface area contributed by atoms with Crippen molar-refractivity contribution in [2.45, 2.75) is 34.1 Å². The summed E-state index contributed by atoms with van der Waals surface area (Å²) < 4.78 is 5.36. The molecule has 5 nitrogen and oxygen atoms in total. The predicted octanol–water partition coefficient (Wildman–Crippen LogP) is 4.23. The van der Waals surface area contributed by atoms with Crippen LogP contribution in [-0.4, -0.2) is 36.5 Å². The molecule has 1 aliphatic heterocycles. The number of carbonyl (C=O) groups excluding carboxylic acids is 2. The third kappa shape index (κ3) is 4.57. The van der Waals surface area contributed by atoms with Crippen molar-refractivity contribution < 1.29 is 14.3 Å². The molecule has 0 saturated heterocycles. The molecule has 0 atom stereocenters. The van der Waals surface area contributed by atoms with Crippen LogP contribution >= 0.6 is 0 Å². The molecule has 0 aromatic heterocycles. The van der Waals surface area contributed by atoms with Crippen LogP contribution in [0.5, 0.6) is 0 Å². The highest BCUT2D eigenvalue weighted by atomic mass is 16.5. The minimum absolute atomic E-state index is 0.261. The Balaban J connectivity index is 1.96. The zero-order valence-electron chi connectivity index (χ0n) is 17.5. The molecule has 2 aromatic carbocycles. The molecule has 3 rings (SSSR count). The fourth-order valence-corrected chi connectivity index (χ4v) is 3.44. The quantitative estimate of drug-likeness (QED) is 0.539. The highest BCUT2D eigenvalue weighted by molar-refractivity contribution is 6.36. The van der Waals surface area contributed by atoms with Crippen molar-refractivity contribution in [2.24, 2.45) is 0 Å². The number of hydrogen-bond acceptors (Lipinski definition) is 4. The maximum Gasteiger partial charge on any atom is 0.278 e. The van der Waals surface area contributed by atoms with Crippen molar-refractivity contribution in [3.8, 4) is 0 Å². The van der Waals surface area contributed by atoms with Gasteiger partial charge < -0.3 is 10.1 Å². The van der Waals surface area contributed by atoms with Crippen LogP contribution in [0.4, 0.5) is 5.69 Å². The maximum absolute atomic E-state index is 13.2. The third-order valence-corrected chi connectivity index (χ3v) is 5.02. The molecule has 0 radical (unpaired) electrons. The summed E-state index contributed by atoms with van der Waals surface area (Å²) in [5, 5.41) is 3.25. The Bertz CT molecular complexity index is 945. The number of nitrogens with zero attached hydrogens (tertiary/aromatic N) is 1. The van der Waals surface area contributed by atoms with Crippen molar-refractivity contribution in [3.05, 3.63) is 70.4 Å². The first-order valence-corrected chi connectivity index (χ1v) is 10.0. The van der Waals surface area contributed by atoms with E-state index in [1.807, 2.05) is 64.1 Å². The molecular formula is C24H28N2O3. The normalized spacial score (nSPS) is 14.1. The Kier molecular flexibility index (Phi) is 6.49. The van der Waals surface area contributed by atoms with E-state index in [4.69, 9.17) is 4.74 Å². The van der Waals surface area contributed by atoms with Gasteiger partial charge in [-0.15, -0.1) is 0 Å². The van der Waals surface area contributed by atoms with Gasteiger partial charge in [-0.25, -0.2) is 0 Å². The van der Waals surface area contributed by atoms with E-state index in [2.05, 4.69) is 11.4 Å². The lowest BCUT2D eigenvalue weighted by Crippen LogP contribution is -2.34. The summed E-state index contributed by atoms with van der Waals surface area (Å²) in [6.45, 7) is 9.41. The van der Waals surface area contributed by atoms with Gasteiger partial charge in [0.05, 0.1) is 5.57 Å². The van der Waals surface area contributed by atoms with E-state index < -0.39 is 0 Å². The Labute approximate surface area is 172 Å². The summed E-state index contributed by atoms with van der Waals surface area (Å²) in [6, 6.07) is 13.7. The minimum atomic E-state index is -0.290. The van der Waals surface area contributed by atoms with E-state index in [-0.39, 0.29) is 11.8 Å². The molecule has 0 unspecified atom stereocenters. The number of nitrogens with one attached hydrogen (secondary N) is 1. The second-order valence-corrected chi connectivity index (χ2v) is 7.37. The fourth-order valence-electron chi connectivity index (χ4n) is 3.44. The summed E-state index contributed by atoms with van der Waals surface area (Å²) in [5.74, 6) is -0.551. The average molecular weight is 392 g/mol. The summed E-state index contributed by atoms with van der Waals surface area (Å²) in [6.07, 6.45) is 0.614. The Morgan fingerprint density at radius 3 is 2.28 bits per heavy atom. The smallest absolute Gasteiger partial charge is 0.278 e. The van der Waals surface area contributed by atoms with Gasteiger partial charge in [-0.1, -0.05) is 47.5 Å². The lowest BCUT2D eigenvalue weighted by atomic mass is 10.0. The minimum Gasteiger partial charge on any atom is -0.382 e. The van der Waals surface area contributed by atoms with Gasteiger partial charge in [0.15, 0.2) is 0 Å². The van der Waals surface area contributed by atoms with Crippen LogP contribution in [-0.2, 0) is 14.3 Å². The highest BCUT2D eigenvalue weighted by Gasteiger charge is 2.38. The zero-order valence-corrected chi connectivity index (χ0v) is 17.5. The van der Waals surface area contributed by atoms with Gasteiger partial charge in [0.1, 0.15) is 5.70 Å². The highest BCUT2D eigenvalue weighted by Crippen LogP contribution is 2.31. The Morgan fingerprint density at radius 2 is 1.62 bits per heavy atom. The molecule has 0 saturated carbocycles. The summed E-state index contributed by atoms with van der Waals surface area (Å²) in [4.78, 5) is 27.6. The van der Waals surface area contributed by atoms with Gasteiger partial charge in [-0.05, 0) is 51.3 Å². The van der Waals surface area contributed by atoms with Crippen LogP contribution in [0.2, 0.25) is 0 Å². The average Bonchev–Trinajstić information content (AvgIpc) is 2.92. The molecule has 2 aromatic rings. The molecule has 0 aliphatic carbocycles. The van der Waals surface area contributed by atoms with E-state index in [0.717, 1.165) is 27.9 Å². The number of hydrogen-bond donors (Lipinski definition) is 1. The van der Waals surface area contributed by atoms with Crippen LogP contribution in [0.25, 0.3) is 5.57 Å². The predicted molar refractivity (Wildman–Crippen MR) is 115 cm³/mol. The second kappa shape index (κ2) is 9.05. The van der Waals surface area contributed by atoms with Crippen LogP contribution in [0.1, 0.15) is 35.6 Å². The first-order chi connectivity index (χ1) is 13.9. The van der Waals surface area contributed by atoms with E-state index in [0.29, 0.717) is 37.4 Å². The van der Waals surface area contributed by atoms with Gasteiger partial charge in [0, 0.05) is 25.4 Å². The standard InChI is InChI=1S/C24H28N2O3/c1-5-29-14-6-13-26-23(27)21(19-10-7-16(2)8-11-19)22(24(26)28)25-20-12-9-17(3)15-18(20)4/h7-12,15,25H,5-6,13-14H2,1-4H3. The van der Waals surface area contributed by atoms with Gasteiger partial charge in [-0.2, -0.15) is 0 Å². The Morgan fingerprint density at radius 1 is 0.931 bits per heavy atom. The van der Waals surface area contributed by atoms with Crippen molar-refractivity contribution in [1.82, 2.24) is 4.90 Å². The van der Waals surface area contributed by atoms with Crippen molar-refractivity contribution >= 4 is 23.1 Å². The third-order valence-electron chi connectivity index (χ3n) is 5.02. The van der Waals surface area contributed by atoms with Crippen molar-refractivity contribution in [3.63, 3.8) is 0 Å². The summed E-state index contributed by atoms with van der Waals surface area (Å²) in [5.41, 5.74) is 5.60. The molecule has 29 heavy (non-hydrogen) atoms. The molecule has 5 heteroatoms. The van der Waals surface area contributed by atoms with E-state index >= 15 is 0 Å². The number of rotatable bonds is 8. The number of ether oxygens (including phenoxy) is 1. The molecule has 152 valence electrons. The largest absolute Gasteiger partial charge is 0.382 e. The molecule has 0 spiro atoms. The summed E-state index contributed by atoms with van der Waals surface area (Å²) >= 11 is 0. The SMILES string of the molecule is CCOCCCN1C(=O)C(Nc2ccc(C)cc2C)=C(c2ccc(C)cc2)C1=O. The number of carbonyl (C=O) groups is 2. The topological polar surface area (TPSA) is 58.6 Å². The summed E-state index contributed by atoms with van der Waals surface area (Å²) in [7, 11) is 0. The number of benzene rings is 2. The van der Waals surface area contributed by atoms with Crippen LogP contribution < -0.4 is 5.32 Å². The van der Waals surface area contributed by atoms with Gasteiger partial charge >= 0.3 is 0 Å². The van der Waals surface area contributed by atoms with E-state index in [9.17, 15) is 9.59 Å². The Hall–Kier alpha value is -2.92. The van der Waals surface area contributed by atoms with Crippen LogP contribution in [0, 0.1) is 20.8 Å². The van der Waals surface area contributed by atoms with E-state index in [1.165, 1.54) is 4.90 Å². The molecule has 1 aliphatic rings. The van der Waals surface area contributed by atoms with Gasteiger partial charge in [-0.3, -0.25) is 14.5 Å². The number of imide groups is 1. The van der Waals surface area contributed by atoms with Crippen molar-refractivity contribution in [2.75, 3.05) is 25.1 Å². The van der Waals surface area contributed by atoms with Gasteiger partial charge in [0.25, 0.3) is 11.8 Å².